The molecule has 7 nitrogen and oxygen atoms in total. The molecule has 2 aromatic carbocycles. The van der Waals surface area contributed by atoms with E-state index >= 15 is 0 Å². The van der Waals surface area contributed by atoms with Crippen LogP contribution in [0.25, 0.3) is 5.69 Å². The average molecular weight is 462 g/mol. The number of nitrogens with zero attached hydrogens (tertiary/aromatic N) is 5. The van der Waals surface area contributed by atoms with E-state index < -0.39 is 0 Å². The zero-order valence-corrected chi connectivity index (χ0v) is 19.6. The molecule has 2 aliphatic heterocycles. The highest BCUT2D eigenvalue weighted by Crippen LogP contribution is 2.30. The van der Waals surface area contributed by atoms with E-state index in [0.29, 0.717) is 23.7 Å². The highest BCUT2D eigenvalue weighted by Gasteiger charge is 2.24. The van der Waals surface area contributed by atoms with Gasteiger partial charge in [-0.2, -0.15) is 0 Å². The lowest BCUT2D eigenvalue weighted by Crippen LogP contribution is -2.23. The van der Waals surface area contributed by atoms with Gasteiger partial charge in [0, 0.05) is 37.3 Å². The van der Waals surface area contributed by atoms with Crippen LogP contribution in [0.2, 0.25) is 0 Å². The third-order valence-electron chi connectivity index (χ3n) is 6.18. The van der Waals surface area contributed by atoms with Gasteiger partial charge >= 0.3 is 0 Å². The maximum atomic E-state index is 13.0. The Balaban J connectivity index is 1.37. The maximum absolute atomic E-state index is 13.0. The SMILES string of the molecule is Cc1ccc(-n2c(SCC(=O)c3cccc(N4CCCC4=O)c3)nnc2N2CCCC2)cc1. The minimum Gasteiger partial charge on any atom is -0.341 e. The van der Waals surface area contributed by atoms with Gasteiger partial charge in [0.25, 0.3) is 0 Å². The molecule has 0 aliphatic carbocycles. The molecular weight excluding hydrogens is 434 g/mol. The smallest absolute Gasteiger partial charge is 0.232 e. The van der Waals surface area contributed by atoms with Gasteiger partial charge < -0.3 is 9.80 Å². The van der Waals surface area contributed by atoms with Crippen molar-refractivity contribution in [3.05, 3.63) is 59.7 Å². The second-order valence-electron chi connectivity index (χ2n) is 8.56. The Labute approximate surface area is 197 Å². The number of amides is 1. The van der Waals surface area contributed by atoms with Crippen LogP contribution in [0.5, 0.6) is 0 Å². The number of rotatable bonds is 7. The molecule has 3 aromatic rings. The molecule has 1 aromatic heterocycles. The molecule has 0 radical (unpaired) electrons. The number of hydrogen-bond donors (Lipinski definition) is 0. The van der Waals surface area contributed by atoms with E-state index in [1.165, 1.54) is 17.3 Å². The van der Waals surface area contributed by atoms with Crippen molar-refractivity contribution >= 4 is 35.1 Å². The molecule has 1 amide bonds. The third-order valence-corrected chi connectivity index (χ3v) is 7.11. The zero-order valence-electron chi connectivity index (χ0n) is 18.7. The molecule has 3 heterocycles. The Morgan fingerprint density at radius 2 is 1.76 bits per heavy atom. The van der Waals surface area contributed by atoms with Gasteiger partial charge in [-0.15, -0.1) is 10.2 Å². The van der Waals surface area contributed by atoms with Crippen molar-refractivity contribution in [3.63, 3.8) is 0 Å². The lowest BCUT2D eigenvalue weighted by Gasteiger charge is -2.18. The van der Waals surface area contributed by atoms with Crippen molar-refractivity contribution in [2.75, 3.05) is 35.2 Å². The highest BCUT2D eigenvalue weighted by atomic mass is 32.2. The molecule has 2 aliphatic rings. The van der Waals surface area contributed by atoms with Crippen LogP contribution in [0.3, 0.4) is 0 Å². The van der Waals surface area contributed by atoms with Gasteiger partial charge in [-0.3, -0.25) is 14.2 Å². The van der Waals surface area contributed by atoms with E-state index in [-0.39, 0.29) is 17.4 Å². The van der Waals surface area contributed by atoms with Crippen LogP contribution < -0.4 is 9.80 Å². The number of carbonyl (C=O) groups excluding carboxylic acids is 2. The fourth-order valence-electron chi connectivity index (χ4n) is 4.38. The van der Waals surface area contributed by atoms with E-state index in [1.54, 1.807) is 4.90 Å². The van der Waals surface area contributed by atoms with Crippen molar-refractivity contribution in [1.29, 1.82) is 0 Å². The molecule has 2 saturated heterocycles. The maximum Gasteiger partial charge on any atom is 0.232 e. The third kappa shape index (κ3) is 4.53. The number of benzene rings is 2. The van der Waals surface area contributed by atoms with Crippen molar-refractivity contribution in [1.82, 2.24) is 14.8 Å². The number of ketones is 1. The first kappa shape index (κ1) is 21.7. The summed E-state index contributed by atoms with van der Waals surface area (Å²) in [5.41, 5.74) is 3.60. The van der Waals surface area contributed by atoms with Gasteiger partial charge in [0.2, 0.25) is 11.9 Å². The number of thioether (sulfide) groups is 1. The quantitative estimate of drug-likeness (QED) is 0.386. The molecule has 5 rings (SSSR count). The van der Waals surface area contributed by atoms with Crippen LogP contribution in [0.4, 0.5) is 11.6 Å². The molecule has 0 N–H and O–H groups in total. The largest absolute Gasteiger partial charge is 0.341 e. The molecule has 33 heavy (non-hydrogen) atoms. The Bertz CT molecular complexity index is 1170. The monoisotopic (exact) mass is 461 g/mol. The first-order chi connectivity index (χ1) is 16.1. The molecule has 170 valence electrons. The summed E-state index contributed by atoms with van der Waals surface area (Å²) in [5, 5.41) is 9.64. The number of anilines is 2. The highest BCUT2D eigenvalue weighted by molar-refractivity contribution is 7.99. The van der Waals surface area contributed by atoms with E-state index in [0.717, 1.165) is 49.7 Å². The van der Waals surface area contributed by atoms with Crippen LogP contribution >= 0.6 is 11.8 Å². The minimum atomic E-state index is 0.00896. The molecule has 0 atom stereocenters. The fourth-order valence-corrected chi connectivity index (χ4v) is 5.22. The summed E-state index contributed by atoms with van der Waals surface area (Å²) >= 11 is 1.40. The van der Waals surface area contributed by atoms with Gasteiger partial charge in [-0.25, -0.2) is 0 Å². The Morgan fingerprint density at radius 1 is 0.970 bits per heavy atom. The summed E-state index contributed by atoms with van der Waals surface area (Å²) in [6, 6.07) is 15.7. The van der Waals surface area contributed by atoms with E-state index in [1.807, 2.05) is 24.3 Å². The summed E-state index contributed by atoms with van der Waals surface area (Å²) < 4.78 is 2.06. The van der Waals surface area contributed by atoms with E-state index in [4.69, 9.17) is 0 Å². The molecule has 0 saturated carbocycles. The number of carbonyl (C=O) groups is 2. The van der Waals surface area contributed by atoms with Gasteiger partial charge in [-0.05, 0) is 50.5 Å². The van der Waals surface area contributed by atoms with Crippen LogP contribution in [0, 0.1) is 6.92 Å². The molecule has 0 bridgehead atoms. The summed E-state index contributed by atoms with van der Waals surface area (Å²) in [6.07, 6.45) is 3.73. The van der Waals surface area contributed by atoms with E-state index in [2.05, 4.69) is 50.9 Å². The fraction of sp³-hybridized carbons (Fsp3) is 0.360. The summed E-state index contributed by atoms with van der Waals surface area (Å²) in [5.74, 6) is 1.21. The number of hydrogen-bond acceptors (Lipinski definition) is 6. The normalized spacial score (nSPS) is 16.1. The topological polar surface area (TPSA) is 71.3 Å². The van der Waals surface area contributed by atoms with Crippen molar-refractivity contribution in [3.8, 4) is 5.69 Å². The molecule has 0 unspecified atom stereocenters. The number of aromatic nitrogens is 3. The molecular formula is C25H27N5O2S. The Hall–Kier alpha value is -3.13. The Kier molecular flexibility index (Phi) is 6.17. The lowest BCUT2D eigenvalue weighted by atomic mass is 10.1. The molecule has 2 fully saturated rings. The summed E-state index contributed by atoms with van der Waals surface area (Å²) in [7, 11) is 0. The van der Waals surface area contributed by atoms with Gasteiger partial charge in [0.1, 0.15) is 0 Å². The van der Waals surface area contributed by atoms with E-state index in [9.17, 15) is 9.59 Å². The average Bonchev–Trinajstić information content (AvgIpc) is 3.59. The molecule has 8 heteroatoms. The number of Topliss-reactive ketones (excluding diaryl/α,β-unsaturated/α-hetero) is 1. The molecule has 0 spiro atoms. The van der Waals surface area contributed by atoms with Crippen molar-refractivity contribution in [2.24, 2.45) is 0 Å². The second kappa shape index (κ2) is 9.39. The van der Waals surface area contributed by atoms with Crippen LogP contribution in [-0.2, 0) is 4.79 Å². The van der Waals surface area contributed by atoms with Crippen molar-refractivity contribution in [2.45, 2.75) is 37.8 Å². The van der Waals surface area contributed by atoms with Gasteiger partial charge in [0.05, 0.1) is 11.4 Å². The standard InChI is InChI=1S/C25H27N5O2S/c1-18-9-11-20(12-10-18)30-24(28-13-2-3-14-28)26-27-25(30)33-17-22(31)19-6-4-7-21(16-19)29-15-5-8-23(29)32/h4,6-7,9-12,16H,2-3,5,8,13-15,17H2,1H3. The predicted molar refractivity (Wildman–Crippen MR) is 131 cm³/mol. The minimum absolute atomic E-state index is 0.00896. The summed E-state index contributed by atoms with van der Waals surface area (Å²) in [4.78, 5) is 29.1. The summed E-state index contributed by atoms with van der Waals surface area (Å²) in [6.45, 7) is 4.71. The van der Waals surface area contributed by atoms with Gasteiger partial charge in [-0.1, -0.05) is 41.6 Å². The van der Waals surface area contributed by atoms with Crippen LogP contribution in [0.15, 0.2) is 53.7 Å². The van der Waals surface area contributed by atoms with Gasteiger partial charge in [0.15, 0.2) is 10.9 Å². The Morgan fingerprint density at radius 3 is 2.48 bits per heavy atom. The second-order valence-corrected chi connectivity index (χ2v) is 9.50. The predicted octanol–water partition coefficient (Wildman–Crippen LogP) is 4.28. The zero-order chi connectivity index (χ0) is 22.8. The first-order valence-corrected chi connectivity index (χ1v) is 12.4. The lowest BCUT2D eigenvalue weighted by molar-refractivity contribution is -0.117. The number of aryl methyl sites for hydroxylation is 1. The van der Waals surface area contributed by atoms with Crippen LogP contribution in [0.1, 0.15) is 41.6 Å². The van der Waals surface area contributed by atoms with Crippen molar-refractivity contribution < 1.29 is 9.59 Å². The first-order valence-electron chi connectivity index (χ1n) is 11.4. The van der Waals surface area contributed by atoms with Crippen LogP contribution in [-0.4, -0.2) is 51.8 Å².